The molecule has 2 rings (SSSR count). The molecular weight excluding hydrogens is 240 g/mol. The van der Waals surface area contributed by atoms with Gasteiger partial charge < -0.3 is 5.32 Å². The lowest BCUT2D eigenvalue weighted by Gasteiger charge is -2.40. The molecule has 2 atom stereocenters. The Balaban J connectivity index is 2.02. The summed E-state index contributed by atoms with van der Waals surface area (Å²) in [6.07, 6.45) is 0. The third-order valence-corrected chi connectivity index (χ3v) is 5.25. The molecule has 1 fully saturated rings. The van der Waals surface area contributed by atoms with Gasteiger partial charge in [0.05, 0.1) is 0 Å². The third-order valence-electron chi connectivity index (χ3n) is 4.11. The zero-order chi connectivity index (χ0) is 13.3. The highest BCUT2D eigenvalue weighted by molar-refractivity contribution is 7.12. The van der Waals surface area contributed by atoms with Crippen LogP contribution in [0.1, 0.15) is 36.1 Å². The molecule has 1 aromatic heterocycles. The number of aryl methyl sites for hydroxylation is 2. The van der Waals surface area contributed by atoms with Crippen molar-refractivity contribution in [3.63, 3.8) is 0 Å². The van der Waals surface area contributed by atoms with Gasteiger partial charge in [-0.3, -0.25) is 4.90 Å². The van der Waals surface area contributed by atoms with E-state index in [0.717, 1.165) is 13.1 Å². The van der Waals surface area contributed by atoms with E-state index in [-0.39, 0.29) is 0 Å². The van der Waals surface area contributed by atoms with E-state index in [4.69, 9.17) is 0 Å². The van der Waals surface area contributed by atoms with E-state index in [9.17, 15) is 0 Å². The Morgan fingerprint density at radius 1 is 1.44 bits per heavy atom. The van der Waals surface area contributed by atoms with E-state index in [0.29, 0.717) is 18.0 Å². The van der Waals surface area contributed by atoms with Crippen LogP contribution in [0.25, 0.3) is 0 Å². The van der Waals surface area contributed by atoms with E-state index in [1.807, 2.05) is 11.3 Å². The second-order valence-electron chi connectivity index (χ2n) is 5.99. The van der Waals surface area contributed by atoms with Crippen LogP contribution in [0.15, 0.2) is 6.07 Å². The molecule has 0 radical (unpaired) electrons. The molecule has 0 spiro atoms. The molecule has 0 bridgehead atoms. The number of nitrogens with zero attached hydrogens (tertiary/aromatic N) is 1. The third kappa shape index (κ3) is 3.14. The van der Waals surface area contributed by atoms with Crippen LogP contribution in [0.5, 0.6) is 0 Å². The highest BCUT2D eigenvalue weighted by Crippen LogP contribution is 2.24. The second-order valence-corrected chi connectivity index (χ2v) is 7.33. The number of nitrogens with one attached hydrogen (secondary N) is 1. The summed E-state index contributed by atoms with van der Waals surface area (Å²) in [5.74, 6) is 0.715. The fourth-order valence-electron chi connectivity index (χ4n) is 2.54. The monoisotopic (exact) mass is 266 g/mol. The molecule has 102 valence electrons. The molecule has 1 aliphatic rings. The molecule has 0 amide bonds. The van der Waals surface area contributed by atoms with E-state index in [1.165, 1.54) is 21.9 Å². The Hall–Kier alpha value is -0.380. The van der Waals surface area contributed by atoms with Crippen molar-refractivity contribution in [3.8, 4) is 0 Å². The summed E-state index contributed by atoms with van der Waals surface area (Å²) in [6, 6.07) is 3.64. The highest BCUT2D eigenvalue weighted by Gasteiger charge is 2.26. The summed E-state index contributed by atoms with van der Waals surface area (Å²) in [6.45, 7) is 14.8. The molecule has 3 heteroatoms. The zero-order valence-electron chi connectivity index (χ0n) is 12.3. The van der Waals surface area contributed by atoms with Gasteiger partial charge in [-0.05, 0) is 38.3 Å². The van der Waals surface area contributed by atoms with Crippen molar-refractivity contribution in [2.24, 2.45) is 5.92 Å². The number of hydrogen-bond acceptors (Lipinski definition) is 3. The number of thiophene rings is 1. The Kier molecular flexibility index (Phi) is 4.46. The highest BCUT2D eigenvalue weighted by atomic mass is 32.1. The topological polar surface area (TPSA) is 15.3 Å². The molecule has 0 saturated carbocycles. The first-order valence-corrected chi connectivity index (χ1v) is 7.82. The van der Waals surface area contributed by atoms with Crippen molar-refractivity contribution in [2.75, 3.05) is 13.1 Å². The van der Waals surface area contributed by atoms with Crippen LogP contribution < -0.4 is 5.32 Å². The van der Waals surface area contributed by atoms with E-state index in [2.05, 4.69) is 50.9 Å². The molecule has 0 aliphatic carbocycles. The van der Waals surface area contributed by atoms with Crippen LogP contribution in [-0.4, -0.2) is 30.1 Å². The maximum atomic E-state index is 3.66. The molecule has 1 aromatic rings. The number of piperazine rings is 1. The molecule has 2 nitrogen and oxygen atoms in total. The summed E-state index contributed by atoms with van der Waals surface area (Å²) in [5.41, 5.74) is 1.44. The molecule has 2 unspecified atom stereocenters. The molecule has 2 heterocycles. The summed E-state index contributed by atoms with van der Waals surface area (Å²) in [7, 11) is 0. The maximum Gasteiger partial charge on any atom is 0.0332 e. The fraction of sp³-hybridized carbons (Fsp3) is 0.733. The first kappa shape index (κ1) is 14.0. The molecule has 1 N–H and O–H groups in total. The van der Waals surface area contributed by atoms with Crippen LogP contribution in [0.4, 0.5) is 0 Å². The average molecular weight is 266 g/mol. The van der Waals surface area contributed by atoms with Crippen molar-refractivity contribution in [1.82, 2.24) is 10.2 Å². The van der Waals surface area contributed by atoms with Crippen LogP contribution in [0.3, 0.4) is 0 Å². The molecule has 0 aromatic carbocycles. The van der Waals surface area contributed by atoms with Gasteiger partial charge >= 0.3 is 0 Å². The van der Waals surface area contributed by atoms with Crippen molar-refractivity contribution in [1.29, 1.82) is 0 Å². The first-order chi connectivity index (χ1) is 8.47. The van der Waals surface area contributed by atoms with E-state index in [1.54, 1.807) is 0 Å². The van der Waals surface area contributed by atoms with Gasteiger partial charge in [0.25, 0.3) is 0 Å². The van der Waals surface area contributed by atoms with Crippen LogP contribution >= 0.6 is 11.3 Å². The van der Waals surface area contributed by atoms with Gasteiger partial charge in [0, 0.05) is 41.5 Å². The molecular formula is C15H26N2S. The Morgan fingerprint density at radius 3 is 2.72 bits per heavy atom. The largest absolute Gasteiger partial charge is 0.311 e. The van der Waals surface area contributed by atoms with Crippen molar-refractivity contribution in [2.45, 2.75) is 53.2 Å². The predicted molar refractivity (Wildman–Crippen MR) is 80.3 cm³/mol. The van der Waals surface area contributed by atoms with Gasteiger partial charge in [-0.2, -0.15) is 0 Å². The minimum absolute atomic E-state index is 0.641. The fourth-order valence-corrected chi connectivity index (χ4v) is 3.62. The zero-order valence-corrected chi connectivity index (χ0v) is 13.1. The predicted octanol–water partition coefficient (Wildman–Crippen LogP) is 3.18. The van der Waals surface area contributed by atoms with E-state index < -0.39 is 0 Å². The Labute approximate surface area is 115 Å². The lowest BCUT2D eigenvalue weighted by Crippen LogP contribution is -2.56. The first-order valence-electron chi connectivity index (χ1n) is 7.00. The average Bonchev–Trinajstić information content (AvgIpc) is 2.61. The smallest absolute Gasteiger partial charge is 0.0332 e. The van der Waals surface area contributed by atoms with Gasteiger partial charge in [0.1, 0.15) is 0 Å². The number of hydrogen-bond donors (Lipinski definition) is 1. The van der Waals surface area contributed by atoms with Crippen LogP contribution in [0, 0.1) is 19.8 Å². The summed E-state index contributed by atoms with van der Waals surface area (Å²) < 4.78 is 0. The van der Waals surface area contributed by atoms with Crippen molar-refractivity contribution >= 4 is 11.3 Å². The second kappa shape index (κ2) is 5.72. The summed E-state index contributed by atoms with van der Waals surface area (Å²) in [5, 5.41) is 3.66. The standard InChI is InChI=1S/C15H26N2S/c1-10(2)15-9-17(12(4)7-16-15)8-14-6-11(3)13(5)18-14/h6,10,12,15-16H,7-9H2,1-5H3. The normalized spacial score (nSPS) is 25.9. The van der Waals surface area contributed by atoms with Crippen molar-refractivity contribution in [3.05, 3.63) is 21.4 Å². The quantitative estimate of drug-likeness (QED) is 0.904. The minimum atomic E-state index is 0.641. The molecule has 18 heavy (non-hydrogen) atoms. The van der Waals surface area contributed by atoms with Gasteiger partial charge in [-0.15, -0.1) is 11.3 Å². The Morgan fingerprint density at radius 2 is 2.17 bits per heavy atom. The molecule has 1 saturated heterocycles. The minimum Gasteiger partial charge on any atom is -0.311 e. The SMILES string of the molecule is Cc1cc(CN2CC(C(C)C)NCC2C)sc1C. The summed E-state index contributed by atoms with van der Waals surface area (Å²) >= 11 is 1.96. The van der Waals surface area contributed by atoms with Crippen molar-refractivity contribution < 1.29 is 0 Å². The van der Waals surface area contributed by atoms with Gasteiger partial charge in [0.15, 0.2) is 0 Å². The van der Waals surface area contributed by atoms with Gasteiger partial charge in [-0.25, -0.2) is 0 Å². The van der Waals surface area contributed by atoms with E-state index >= 15 is 0 Å². The Bertz CT molecular complexity index is 378. The van der Waals surface area contributed by atoms with Gasteiger partial charge in [0.2, 0.25) is 0 Å². The molecule has 1 aliphatic heterocycles. The number of rotatable bonds is 3. The summed E-state index contributed by atoms with van der Waals surface area (Å²) in [4.78, 5) is 5.61. The lowest BCUT2D eigenvalue weighted by atomic mass is 10.00. The maximum absolute atomic E-state index is 3.66. The van der Waals surface area contributed by atoms with Crippen LogP contribution in [0.2, 0.25) is 0 Å². The van der Waals surface area contributed by atoms with Crippen LogP contribution in [-0.2, 0) is 6.54 Å². The van der Waals surface area contributed by atoms with Gasteiger partial charge in [-0.1, -0.05) is 13.8 Å². The lowest BCUT2D eigenvalue weighted by molar-refractivity contribution is 0.117.